The fourth-order valence-electron chi connectivity index (χ4n) is 2.32. The molecule has 5 nitrogen and oxygen atoms in total. The van der Waals surface area contributed by atoms with Crippen LogP contribution in [-0.4, -0.2) is 20.7 Å². The number of aromatic nitrogens is 3. The quantitative estimate of drug-likeness (QED) is 0.499. The minimum atomic E-state index is -4.60. The lowest BCUT2D eigenvalue weighted by Crippen LogP contribution is -2.09. The maximum absolute atomic E-state index is 14.1. The van der Waals surface area contributed by atoms with Crippen LogP contribution in [-0.2, 0) is 11.0 Å². The first-order valence-electron chi connectivity index (χ1n) is 7.74. The summed E-state index contributed by atoms with van der Waals surface area (Å²) in [5.74, 6) is -1.28. The molecule has 0 aliphatic heterocycles. The predicted octanol–water partition coefficient (Wildman–Crippen LogP) is 4.73. The van der Waals surface area contributed by atoms with Gasteiger partial charge in [-0.05, 0) is 42.0 Å². The van der Waals surface area contributed by atoms with Gasteiger partial charge in [0.2, 0.25) is 5.91 Å². The van der Waals surface area contributed by atoms with Crippen molar-refractivity contribution in [2.75, 3.05) is 5.32 Å². The Bertz CT molecular complexity index is 1030. The lowest BCUT2D eigenvalue weighted by atomic mass is 10.1. The average molecular weight is 411 g/mol. The molecule has 0 aliphatic rings. The Morgan fingerprint density at radius 1 is 1.18 bits per heavy atom. The van der Waals surface area contributed by atoms with Gasteiger partial charge in [-0.3, -0.25) is 4.79 Å². The highest BCUT2D eigenvalue weighted by atomic mass is 35.5. The molecule has 0 unspecified atom stereocenters. The molecule has 1 aromatic heterocycles. The molecule has 2 aromatic carbocycles. The summed E-state index contributed by atoms with van der Waals surface area (Å²) in [6.07, 6.45) is 0.196. The summed E-state index contributed by atoms with van der Waals surface area (Å²) < 4.78 is 53.9. The Balaban J connectivity index is 1.71. The molecule has 0 spiro atoms. The second-order valence-corrected chi connectivity index (χ2v) is 5.97. The number of hydrogen-bond donors (Lipinski definition) is 1. The van der Waals surface area contributed by atoms with Crippen molar-refractivity contribution in [3.8, 4) is 5.69 Å². The number of rotatable bonds is 4. The highest BCUT2D eigenvalue weighted by Gasteiger charge is 2.33. The van der Waals surface area contributed by atoms with Gasteiger partial charge in [0.1, 0.15) is 18.3 Å². The zero-order chi connectivity index (χ0) is 20.3. The topological polar surface area (TPSA) is 59.8 Å². The van der Waals surface area contributed by atoms with Crippen molar-refractivity contribution < 1.29 is 22.4 Å². The number of anilines is 1. The maximum Gasteiger partial charge on any atom is 0.417 e. The highest BCUT2D eigenvalue weighted by Crippen LogP contribution is 2.35. The van der Waals surface area contributed by atoms with Gasteiger partial charge in [0.05, 0.1) is 10.6 Å². The van der Waals surface area contributed by atoms with Gasteiger partial charge < -0.3 is 5.32 Å². The van der Waals surface area contributed by atoms with Crippen LogP contribution >= 0.6 is 11.6 Å². The van der Waals surface area contributed by atoms with Gasteiger partial charge in [-0.1, -0.05) is 17.7 Å². The third-order valence-electron chi connectivity index (χ3n) is 3.60. The van der Waals surface area contributed by atoms with E-state index in [1.165, 1.54) is 41.6 Å². The van der Waals surface area contributed by atoms with Crippen LogP contribution in [0.5, 0.6) is 0 Å². The molecule has 3 rings (SSSR count). The second kappa shape index (κ2) is 7.81. The fraction of sp³-hybridized carbons (Fsp3) is 0.0556. The molecule has 1 heterocycles. The lowest BCUT2D eigenvalue weighted by molar-refractivity contribution is -0.137. The van der Waals surface area contributed by atoms with E-state index in [4.69, 9.17) is 11.6 Å². The molecule has 0 saturated carbocycles. The van der Waals surface area contributed by atoms with Crippen LogP contribution < -0.4 is 5.32 Å². The van der Waals surface area contributed by atoms with E-state index in [2.05, 4.69) is 15.4 Å². The first kappa shape index (κ1) is 19.6. The average Bonchev–Trinajstić information content (AvgIpc) is 3.14. The molecule has 10 heteroatoms. The SMILES string of the molecule is O=C(/C=C/c1ccc(Cl)c(C(F)(F)F)c1)Nc1ccc(-n2cncn2)c(F)c1. The molecule has 1 N–H and O–H groups in total. The van der Waals surface area contributed by atoms with Gasteiger partial charge in [0.15, 0.2) is 5.82 Å². The molecule has 0 bridgehead atoms. The van der Waals surface area contributed by atoms with E-state index in [1.54, 1.807) is 0 Å². The van der Waals surface area contributed by atoms with E-state index in [9.17, 15) is 22.4 Å². The summed E-state index contributed by atoms with van der Waals surface area (Å²) in [6, 6.07) is 7.22. The van der Waals surface area contributed by atoms with Gasteiger partial charge in [-0.25, -0.2) is 14.1 Å². The molecule has 0 fully saturated rings. The Kier molecular flexibility index (Phi) is 5.46. The van der Waals surface area contributed by atoms with Crippen LogP contribution in [0.4, 0.5) is 23.2 Å². The summed E-state index contributed by atoms with van der Waals surface area (Å²) in [7, 11) is 0. The number of hydrogen-bond acceptors (Lipinski definition) is 3. The third kappa shape index (κ3) is 4.55. The number of carbonyl (C=O) groups is 1. The van der Waals surface area contributed by atoms with Crippen molar-refractivity contribution >= 4 is 29.3 Å². The number of alkyl halides is 3. The molecule has 144 valence electrons. The Labute approximate surface area is 161 Å². The van der Waals surface area contributed by atoms with E-state index < -0.39 is 28.5 Å². The largest absolute Gasteiger partial charge is 0.417 e. The van der Waals surface area contributed by atoms with Gasteiger partial charge in [-0.2, -0.15) is 18.3 Å². The zero-order valence-corrected chi connectivity index (χ0v) is 14.7. The van der Waals surface area contributed by atoms with E-state index >= 15 is 0 Å². The summed E-state index contributed by atoms with van der Waals surface area (Å²) >= 11 is 5.55. The van der Waals surface area contributed by atoms with Crippen molar-refractivity contribution in [3.05, 3.63) is 77.1 Å². The number of benzene rings is 2. The van der Waals surface area contributed by atoms with Crippen molar-refractivity contribution in [2.45, 2.75) is 6.18 Å². The molecular formula is C18H11ClF4N4O. The normalized spacial score (nSPS) is 11.8. The fourth-order valence-corrected chi connectivity index (χ4v) is 2.55. The second-order valence-electron chi connectivity index (χ2n) is 5.57. The first-order valence-corrected chi connectivity index (χ1v) is 8.12. The van der Waals surface area contributed by atoms with Gasteiger partial charge in [0.25, 0.3) is 0 Å². The van der Waals surface area contributed by atoms with E-state index in [-0.39, 0.29) is 16.9 Å². The smallest absolute Gasteiger partial charge is 0.322 e. The minimum Gasteiger partial charge on any atom is -0.322 e. The summed E-state index contributed by atoms with van der Waals surface area (Å²) in [5, 5.41) is 5.80. The van der Waals surface area contributed by atoms with Crippen LogP contribution in [0.3, 0.4) is 0 Å². The Morgan fingerprint density at radius 3 is 2.61 bits per heavy atom. The first-order chi connectivity index (χ1) is 13.2. The van der Waals surface area contributed by atoms with Crippen LogP contribution in [0.2, 0.25) is 5.02 Å². The molecule has 0 atom stereocenters. The minimum absolute atomic E-state index is 0.139. The molecule has 0 aliphatic carbocycles. The number of halogens is 5. The molecule has 1 amide bonds. The van der Waals surface area contributed by atoms with Crippen LogP contribution in [0.1, 0.15) is 11.1 Å². The van der Waals surface area contributed by atoms with Crippen LogP contribution in [0.25, 0.3) is 11.8 Å². The van der Waals surface area contributed by atoms with Gasteiger partial charge in [-0.15, -0.1) is 0 Å². The molecule has 28 heavy (non-hydrogen) atoms. The predicted molar refractivity (Wildman–Crippen MR) is 95.4 cm³/mol. The van der Waals surface area contributed by atoms with Crippen molar-refractivity contribution in [1.29, 1.82) is 0 Å². The van der Waals surface area contributed by atoms with Gasteiger partial charge >= 0.3 is 6.18 Å². The number of carbonyl (C=O) groups excluding carboxylic acids is 1. The van der Waals surface area contributed by atoms with Gasteiger partial charge in [0, 0.05) is 11.8 Å². The lowest BCUT2D eigenvalue weighted by Gasteiger charge is -2.09. The van der Waals surface area contributed by atoms with E-state index in [1.807, 2.05) is 0 Å². The molecular weight excluding hydrogens is 400 g/mol. The van der Waals surface area contributed by atoms with Crippen molar-refractivity contribution in [2.24, 2.45) is 0 Å². The number of nitrogens with one attached hydrogen (secondary N) is 1. The van der Waals surface area contributed by atoms with Crippen molar-refractivity contribution in [3.63, 3.8) is 0 Å². The van der Waals surface area contributed by atoms with Crippen LogP contribution in [0, 0.1) is 5.82 Å². The summed E-state index contributed by atoms with van der Waals surface area (Å²) in [6.45, 7) is 0. The number of amides is 1. The molecule has 3 aromatic rings. The maximum atomic E-state index is 14.1. The Morgan fingerprint density at radius 2 is 1.96 bits per heavy atom. The van der Waals surface area contributed by atoms with E-state index in [0.29, 0.717) is 0 Å². The van der Waals surface area contributed by atoms with Crippen LogP contribution in [0.15, 0.2) is 55.1 Å². The number of nitrogens with zero attached hydrogens (tertiary/aromatic N) is 3. The summed E-state index contributed by atoms with van der Waals surface area (Å²) in [4.78, 5) is 15.7. The van der Waals surface area contributed by atoms with Crippen molar-refractivity contribution in [1.82, 2.24) is 14.8 Å². The summed E-state index contributed by atoms with van der Waals surface area (Å²) in [5.41, 5.74) is -0.544. The molecule has 0 radical (unpaired) electrons. The monoisotopic (exact) mass is 410 g/mol. The Hall–Kier alpha value is -3.20. The highest BCUT2D eigenvalue weighted by molar-refractivity contribution is 6.31. The standard InChI is InChI=1S/C18H11ClF4N4O/c19-14-4-1-11(7-13(14)18(21,22)23)2-6-17(28)26-12-3-5-16(15(20)8-12)27-10-24-9-25-27/h1-10H,(H,26,28)/b6-2+. The molecule has 0 saturated heterocycles. The third-order valence-corrected chi connectivity index (χ3v) is 3.93. The van der Waals surface area contributed by atoms with E-state index in [0.717, 1.165) is 24.3 Å². The zero-order valence-electron chi connectivity index (χ0n) is 13.9.